The molecule has 0 amide bonds. The van der Waals surface area contributed by atoms with Crippen molar-refractivity contribution in [2.75, 3.05) is 13.1 Å². The Balaban J connectivity index is 1.85. The SMILES string of the molecule is CC(C)(C)OC(=O)C12CC(C)(C1)OC21CNC1. The van der Waals surface area contributed by atoms with E-state index in [2.05, 4.69) is 12.2 Å². The highest BCUT2D eigenvalue weighted by Gasteiger charge is 2.79. The van der Waals surface area contributed by atoms with Crippen LogP contribution in [0.3, 0.4) is 0 Å². The lowest BCUT2D eigenvalue weighted by Crippen LogP contribution is -2.69. The van der Waals surface area contributed by atoms with E-state index < -0.39 is 5.60 Å². The third-order valence-electron chi connectivity index (χ3n) is 4.28. The van der Waals surface area contributed by atoms with Gasteiger partial charge in [0.2, 0.25) is 0 Å². The first-order valence-electron chi connectivity index (χ1n) is 6.35. The Morgan fingerprint density at radius 1 is 1.29 bits per heavy atom. The number of nitrogens with one attached hydrogen (secondary N) is 1. The number of ether oxygens (including phenoxy) is 2. The van der Waals surface area contributed by atoms with Gasteiger partial charge in [0.15, 0.2) is 0 Å². The van der Waals surface area contributed by atoms with Gasteiger partial charge in [-0.15, -0.1) is 0 Å². The molecule has 0 aromatic rings. The van der Waals surface area contributed by atoms with Crippen molar-refractivity contribution < 1.29 is 14.3 Å². The van der Waals surface area contributed by atoms with Crippen LogP contribution < -0.4 is 5.32 Å². The minimum atomic E-state index is -0.418. The summed E-state index contributed by atoms with van der Waals surface area (Å²) in [5.41, 5.74) is -1.19. The first-order chi connectivity index (χ1) is 7.71. The quantitative estimate of drug-likeness (QED) is 0.699. The van der Waals surface area contributed by atoms with Crippen molar-refractivity contribution in [3.63, 3.8) is 0 Å². The van der Waals surface area contributed by atoms with E-state index >= 15 is 0 Å². The van der Waals surface area contributed by atoms with Crippen LogP contribution in [0.5, 0.6) is 0 Å². The smallest absolute Gasteiger partial charge is 0.315 e. The Kier molecular flexibility index (Phi) is 1.93. The zero-order chi connectivity index (χ0) is 12.5. The molecule has 4 heteroatoms. The number of hydrogen-bond donors (Lipinski definition) is 1. The molecule has 4 nitrogen and oxygen atoms in total. The van der Waals surface area contributed by atoms with Crippen LogP contribution in [0, 0.1) is 5.41 Å². The maximum absolute atomic E-state index is 12.4. The van der Waals surface area contributed by atoms with Crippen molar-refractivity contribution in [2.45, 2.75) is 57.3 Å². The third-order valence-corrected chi connectivity index (χ3v) is 4.28. The minimum absolute atomic E-state index is 0.0681. The molecule has 4 fully saturated rings. The normalized spacial score (nSPS) is 41.9. The summed E-state index contributed by atoms with van der Waals surface area (Å²) in [6.07, 6.45) is 1.63. The zero-order valence-corrected chi connectivity index (χ0v) is 11.1. The van der Waals surface area contributed by atoms with Crippen LogP contribution in [0.25, 0.3) is 0 Å². The van der Waals surface area contributed by atoms with E-state index in [1.165, 1.54) is 0 Å². The van der Waals surface area contributed by atoms with Crippen LogP contribution in [-0.2, 0) is 14.3 Å². The monoisotopic (exact) mass is 239 g/mol. The lowest BCUT2D eigenvalue weighted by molar-refractivity contribution is -0.179. The van der Waals surface area contributed by atoms with E-state index in [1.54, 1.807) is 0 Å². The Hall–Kier alpha value is -0.610. The minimum Gasteiger partial charge on any atom is -0.459 e. The van der Waals surface area contributed by atoms with Crippen LogP contribution in [0.4, 0.5) is 0 Å². The Morgan fingerprint density at radius 3 is 2.29 bits per heavy atom. The standard InChI is InChI=1S/C13H21NO3/c1-10(2,3)16-9(15)12-5-11(4,6-12)17-13(12)7-14-8-13/h14H,5-8H2,1-4H3. The molecule has 1 saturated carbocycles. The van der Waals surface area contributed by atoms with E-state index in [1.807, 2.05) is 20.8 Å². The van der Waals surface area contributed by atoms with Gasteiger partial charge in [-0.25, -0.2) is 0 Å². The van der Waals surface area contributed by atoms with E-state index in [0.717, 1.165) is 25.9 Å². The largest absolute Gasteiger partial charge is 0.459 e. The van der Waals surface area contributed by atoms with Crippen LogP contribution in [-0.4, -0.2) is 35.9 Å². The fourth-order valence-electron chi connectivity index (χ4n) is 3.66. The number of carbonyl (C=O) groups is 1. The summed E-state index contributed by atoms with van der Waals surface area (Å²) in [6.45, 7) is 9.41. The molecule has 1 aliphatic carbocycles. The molecule has 96 valence electrons. The number of hydrogen-bond acceptors (Lipinski definition) is 4. The second-order valence-corrected chi connectivity index (χ2v) is 7.09. The molecule has 3 saturated heterocycles. The van der Waals surface area contributed by atoms with Gasteiger partial charge in [-0.2, -0.15) is 0 Å². The van der Waals surface area contributed by atoms with Gasteiger partial charge in [0.25, 0.3) is 0 Å². The summed E-state index contributed by atoms with van der Waals surface area (Å²) in [6, 6.07) is 0. The molecule has 1 N–H and O–H groups in total. The summed E-state index contributed by atoms with van der Waals surface area (Å²) < 4.78 is 11.7. The summed E-state index contributed by atoms with van der Waals surface area (Å²) in [5, 5.41) is 3.23. The second kappa shape index (κ2) is 2.86. The topological polar surface area (TPSA) is 47.6 Å². The number of esters is 1. The van der Waals surface area contributed by atoms with E-state index in [0.29, 0.717) is 0 Å². The highest BCUT2D eigenvalue weighted by molar-refractivity contribution is 5.82. The lowest BCUT2D eigenvalue weighted by atomic mass is 9.55. The summed E-state index contributed by atoms with van der Waals surface area (Å²) >= 11 is 0. The van der Waals surface area contributed by atoms with Crippen molar-refractivity contribution in [1.29, 1.82) is 0 Å². The zero-order valence-electron chi connectivity index (χ0n) is 11.1. The molecule has 1 spiro atoms. The Labute approximate surface area is 102 Å². The van der Waals surface area contributed by atoms with E-state index in [4.69, 9.17) is 9.47 Å². The summed E-state index contributed by atoms with van der Waals surface area (Å²) in [5.74, 6) is -0.0681. The van der Waals surface area contributed by atoms with Crippen molar-refractivity contribution in [3.8, 4) is 0 Å². The van der Waals surface area contributed by atoms with Crippen molar-refractivity contribution in [2.24, 2.45) is 5.41 Å². The van der Waals surface area contributed by atoms with Crippen LogP contribution in [0.15, 0.2) is 0 Å². The van der Waals surface area contributed by atoms with Crippen molar-refractivity contribution in [3.05, 3.63) is 0 Å². The predicted molar refractivity (Wildman–Crippen MR) is 62.6 cm³/mol. The molecule has 0 aromatic heterocycles. The molecule has 0 atom stereocenters. The van der Waals surface area contributed by atoms with Gasteiger partial charge in [0.1, 0.15) is 16.6 Å². The fraction of sp³-hybridized carbons (Fsp3) is 0.923. The second-order valence-electron chi connectivity index (χ2n) is 7.09. The van der Waals surface area contributed by atoms with Gasteiger partial charge < -0.3 is 14.8 Å². The van der Waals surface area contributed by atoms with Crippen molar-refractivity contribution in [1.82, 2.24) is 5.32 Å². The first-order valence-corrected chi connectivity index (χ1v) is 6.35. The first kappa shape index (κ1) is 11.5. The molecular weight excluding hydrogens is 218 g/mol. The highest BCUT2D eigenvalue weighted by atomic mass is 16.6. The van der Waals surface area contributed by atoms with Crippen molar-refractivity contribution >= 4 is 5.97 Å². The molecule has 4 rings (SSSR count). The Morgan fingerprint density at radius 2 is 1.88 bits per heavy atom. The van der Waals surface area contributed by atoms with Gasteiger partial charge >= 0.3 is 5.97 Å². The van der Waals surface area contributed by atoms with Crippen LogP contribution >= 0.6 is 0 Å². The summed E-state index contributed by atoms with van der Waals surface area (Å²) in [7, 11) is 0. The molecule has 3 heterocycles. The summed E-state index contributed by atoms with van der Waals surface area (Å²) in [4.78, 5) is 12.4. The van der Waals surface area contributed by atoms with Gasteiger partial charge in [0, 0.05) is 13.1 Å². The van der Waals surface area contributed by atoms with Gasteiger partial charge in [-0.1, -0.05) is 0 Å². The average molecular weight is 239 g/mol. The van der Waals surface area contributed by atoms with Crippen LogP contribution in [0.2, 0.25) is 0 Å². The molecular formula is C13H21NO3. The predicted octanol–water partition coefficient (Wildman–Crippen LogP) is 1.24. The van der Waals surface area contributed by atoms with Crippen LogP contribution in [0.1, 0.15) is 40.5 Å². The van der Waals surface area contributed by atoms with Gasteiger partial charge in [0.05, 0.1) is 5.60 Å². The fourth-order valence-corrected chi connectivity index (χ4v) is 3.66. The molecule has 0 aromatic carbocycles. The maximum Gasteiger partial charge on any atom is 0.315 e. The molecule has 4 aliphatic rings. The molecule has 0 unspecified atom stereocenters. The van der Waals surface area contributed by atoms with E-state index in [9.17, 15) is 4.79 Å². The molecule has 2 bridgehead atoms. The Bertz CT molecular complexity index is 373. The number of rotatable bonds is 1. The van der Waals surface area contributed by atoms with Gasteiger partial charge in [-0.3, -0.25) is 4.79 Å². The highest BCUT2D eigenvalue weighted by Crippen LogP contribution is 2.68. The number of carbonyl (C=O) groups excluding carboxylic acids is 1. The van der Waals surface area contributed by atoms with Gasteiger partial charge in [-0.05, 0) is 40.5 Å². The third kappa shape index (κ3) is 1.34. The van der Waals surface area contributed by atoms with E-state index in [-0.39, 0.29) is 22.6 Å². The molecule has 17 heavy (non-hydrogen) atoms. The average Bonchev–Trinajstić information content (AvgIpc) is 2.44. The lowest BCUT2D eigenvalue weighted by Gasteiger charge is -2.49. The molecule has 3 aliphatic heterocycles. The molecule has 0 radical (unpaired) electrons. The maximum atomic E-state index is 12.4.